The summed E-state index contributed by atoms with van der Waals surface area (Å²) in [6, 6.07) is 12.2. The van der Waals surface area contributed by atoms with Crippen LogP contribution in [0.4, 0.5) is 0 Å². The van der Waals surface area contributed by atoms with E-state index in [0.29, 0.717) is 0 Å². The Morgan fingerprint density at radius 1 is 1.13 bits per heavy atom. The van der Waals surface area contributed by atoms with E-state index in [0.717, 1.165) is 37.2 Å². The van der Waals surface area contributed by atoms with E-state index < -0.39 is 0 Å². The van der Waals surface area contributed by atoms with Gasteiger partial charge in [0.2, 0.25) is 0 Å². The highest BCUT2D eigenvalue weighted by Gasteiger charge is 2.12. The fraction of sp³-hybridized carbons (Fsp3) is 0.308. The first kappa shape index (κ1) is 9.95. The molecule has 0 aromatic heterocycles. The normalized spacial score (nSPS) is 15.8. The van der Waals surface area contributed by atoms with Crippen LogP contribution in [0.25, 0.3) is 5.57 Å². The average molecular weight is 199 g/mol. The third-order valence-electron chi connectivity index (χ3n) is 2.62. The summed E-state index contributed by atoms with van der Waals surface area (Å²) < 4.78 is 5.29. The lowest BCUT2D eigenvalue weighted by Gasteiger charge is -2.16. The number of ether oxygens (including phenoxy) is 1. The van der Waals surface area contributed by atoms with E-state index in [2.05, 4.69) is 6.07 Å². The van der Waals surface area contributed by atoms with Crippen LogP contribution in [0.1, 0.15) is 18.4 Å². The third-order valence-corrected chi connectivity index (χ3v) is 2.62. The number of nitriles is 1. The largest absolute Gasteiger partial charge is 0.381 e. The van der Waals surface area contributed by atoms with Gasteiger partial charge in [-0.1, -0.05) is 30.3 Å². The zero-order chi connectivity index (χ0) is 10.5. The van der Waals surface area contributed by atoms with Crippen LogP contribution >= 0.6 is 0 Å². The molecule has 1 saturated heterocycles. The molecule has 0 N–H and O–H groups in total. The van der Waals surface area contributed by atoms with E-state index >= 15 is 0 Å². The summed E-state index contributed by atoms with van der Waals surface area (Å²) in [5, 5.41) is 9.18. The van der Waals surface area contributed by atoms with E-state index in [9.17, 15) is 5.26 Å². The third kappa shape index (κ3) is 2.26. The van der Waals surface area contributed by atoms with Gasteiger partial charge in [-0.2, -0.15) is 5.26 Å². The average Bonchev–Trinajstić information content (AvgIpc) is 2.33. The predicted octanol–water partition coefficient (Wildman–Crippen LogP) is 2.77. The van der Waals surface area contributed by atoms with Crippen molar-refractivity contribution in [2.75, 3.05) is 13.2 Å². The molecule has 0 bridgehead atoms. The van der Waals surface area contributed by atoms with Crippen molar-refractivity contribution in [2.45, 2.75) is 12.8 Å². The van der Waals surface area contributed by atoms with Crippen molar-refractivity contribution >= 4 is 5.57 Å². The lowest BCUT2D eigenvalue weighted by molar-refractivity contribution is 0.119. The van der Waals surface area contributed by atoms with Crippen LogP contribution in [0, 0.1) is 11.3 Å². The van der Waals surface area contributed by atoms with Crippen LogP contribution < -0.4 is 0 Å². The van der Waals surface area contributed by atoms with Crippen molar-refractivity contribution in [3.8, 4) is 6.07 Å². The van der Waals surface area contributed by atoms with Gasteiger partial charge in [-0.05, 0) is 24.0 Å². The Morgan fingerprint density at radius 3 is 2.40 bits per heavy atom. The Morgan fingerprint density at radius 2 is 1.80 bits per heavy atom. The van der Waals surface area contributed by atoms with Gasteiger partial charge in [0.1, 0.15) is 0 Å². The molecule has 1 aromatic rings. The van der Waals surface area contributed by atoms with Crippen LogP contribution in [0.5, 0.6) is 0 Å². The van der Waals surface area contributed by atoms with E-state index in [4.69, 9.17) is 4.74 Å². The van der Waals surface area contributed by atoms with Crippen LogP contribution in [0.2, 0.25) is 0 Å². The molecule has 1 aliphatic heterocycles. The van der Waals surface area contributed by atoms with Crippen molar-refractivity contribution in [1.29, 1.82) is 5.26 Å². The Kier molecular flexibility index (Phi) is 3.16. The molecule has 76 valence electrons. The summed E-state index contributed by atoms with van der Waals surface area (Å²) in [5.41, 5.74) is 3.09. The van der Waals surface area contributed by atoms with Crippen molar-refractivity contribution < 1.29 is 4.74 Å². The van der Waals surface area contributed by atoms with Gasteiger partial charge in [0, 0.05) is 0 Å². The monoisotopic (exact) mass is 199 g/mol. The zero-order valence-electron chi connectivity index (χ0n) is 8.57. The van der Waals surface area contributed by atoms with Gasteiger partial charge in [-0.15, -0.1) is 0 Å². The molecule has 1 aromatic carbocycles. The number of benzene rings is 1. The molecule has 0 spiro atoms. The Labute approximate surface area is 89.8 Å². The number of hydrogen-bond acceptors (Lipinski definition) is 2. The molecule has 0 saturated carbocycles. The molecular formula is C13H13NO. The Hall–Kier alpha value is -1.59. The summed E-state index contributed by atoms with van der Waals surface area (Å²) >= 11 is 0. The fourth-order valence-corrected chi connectivity index (χ4v) is 1.82. The molecule has 1 fully saturated rings. The molecular weight excluding hydrogens is 186 g/mol. The standard InChI is InChI=1S/C13H13NO/c14-10-13(11-4-2-1-3-5-11)12-6-8-15-9-7-12/h1-5H,6-9H2. The summed E-state index contributed by atoms with van der Waals surface area (Å²) in [5.74, 6) is 0. The molecule has 1 aliphatic rings. The summed E-state index contributed by atoms with van der Waals surface area (Å²) in [6.45, 7) is 1.49. The maximum absolute atomic E-state index is 9.18. The van der Waals surface area contributed by atoms with Crippen LogP contribution in [-0.4, -0.2) is 13.2 Å². The van der Waals surface area contributed by atoms with Gasteiger partial charge < -0.3 is 4.74 Å². The molecule has 1 heterocycles. The minimum Gasteiger partial charge on any atom is -0.381 e. The second-order valence-electron chi connectivity index (χ2n) is 3.57. The lowest BCUT2D eigenvalue weighted by atomic mass is 9.96. The molecule has 2 nitrogen and oxygen atoms in total. The van der Waals surface area contributed by atoms with Crippen molar-refractivity contribution in [3.05, 3.63) is 41.5 Å². The molecule has 2 heteroatoms. The Bertz CT molecular complexity index is 392. The molecule has 2 rings (SSSR count). The molecule has 15 heavy (non-hydrogen) atoms. The molecule has 0 amide bonds. The maximum Gasteiger partial charge on any atom is 0.0997 e. The SMILES string of the molecule is N#CC(=C1CCOCC1)c1ccccc1. The van der Waals surface area contributed by atoms with Gasteiger partial charge in [0.15, 0.2) is 0 Å². The lowest BCUT2D eigenvalue weighted by Crippen LogP contribution is -2.08. The van der Waals surface area contributed by atoms with Crippen LogP contribution in [0.3, 0.4) is 0 Å². The highest BCUT2D eigenvalue weighted by molar-refractivity contribution is 5.79. The maximum atomic E-state index is 9.18. The van der Waals surface area contributed by atoms with Gasteiger partial charge in [0.05, 0.1) is 24.9 Å². The van der Waals surface area contributed by atoms with E-state index in [-0.39, 0.29) is 0 Å². The van der Waals surface area contributed by atoms with E-state index in [1.165, 1.54) is 5.57 Å². The Balaban J connectivity index is 2.35. The first-order valence-electron chi connectivity index (χ1n) is 5.17. The smallest absolute Gasteiger partial charge is 0.0997 e. The minimum absolute atomic E-state index is 0.743. The summed E-state index contributed by atoms with van der Waals surface area (Å²) in [7, 11) is 0. The number of rotatable bonds is 1. The van der Waals surface area contributed by atoms with Gasteiger partial charge in [-0.25, -0.2) is 0 Å². The molecule has 0 unspecified atom stereocenters. The molecule has 0 atom stereocenters. The molecule has 0 radical (unpaired) electrons. The van der Waals surface area contributed by atoms with Crippen molar-refractivity contribution in [3.63, 3.8) is 0 Å². The van der Waals surface area contributed by atoms with Gasteiger partial charge in [-0.3, -0.25) is 0 Å². The van der Waals surface area contributed by atoms with Crippen LogP contribution in [-0.2, 0) is 4.74 Å². The fourth-order valence-electron chi connectivity index (χ4n) is 1.82. The first-order chi connectivity index (χ1) is 7.42. The van der Waals surface area contributed by atoms with Gasteiger partial charge >= 0.3 is 0 Å². The number of nitrogens with zero attached hydrogens (tertiary/aromatic N) is 1. The topological polar surface area (TPSA) is 33.0 Å². The van der Waals surface area contributed by atoms with Gasteiger partial charge in [0.25, 0.3) is 0 Å². The number of allylic oxidation sites excluding steroid dienone is 1. The quantitative estimate of drug-likeness (QED) is 0.651. The highest BCUT2D eigenvalue weighted by atomic mass is 16.5. The zero-order valence-corrected chi connectivity index (χ0v) is 8.57. The number of hydrogen-bond donors (Lipinski definition) is 0. The molecule has 0 aliphatic carbocycles. The second kappa shape index (κ2) is 4.77. The van der Waals surface area contributed by atoms with Crippen LogP contribution in [0.15, 0.2) is 35.9 Å². The summed E-state index contributed by atoms with van der Waals surface area (Å²) in [6.07, 6.45) is 1.77. The minimum atomic E-state index is 0.743. The first-order valence-corrected chi connectivity index (χ1v) is 5.17. The van der Waals surface area contributed by atoms with Crippen molar-refractivity contribution in [2.24, 2.45) is 0 Å². The second-order valence-corrected chi connectivity index (χ2v) is 3.57. The van der Waals surface area contributed by atoms with Crippen molar-refractivity contribution in [1.82, 2.24) is 0 Å². The van der Waals surface area contributed by atoms with E-state index in [1.807, 2.05) is 30.3 Å². The highest BCUT2D eigenvalue weighted by Crippen LogP contribution is 2.24. The van der Waals surface area contributed by atoms with E-state index in [1.54, 1.807) is 0 Å². The predicted molar refractivity (Wildman–Crippen MR) is 59.0 cm³/mol. The summed E-state index contributed by atoms with van der Waals surface area (Å²) in [4.78, 5) is 0.